The largest absolute Gasteiger partial charge is 0.363 e. The average molecular weight is 222 g/mol. The van der Waals surface area contributed by atoms with Crippen LogP contribution in [-0.2, 0) is 0 Å². The lowest BCUT2D eigenvalue weighted by atomic mass is 9.98. The highest BCUT2D eigenvalue weighted by Crippen LogP contribution is 2.37. The Labute approximate surface area is 96.1 Å². The predicted molar refractivity (Wildman–Crippen MR) is 66.7 cm³/mol. The lowest BCUT2D eigenvalue weighted by Crippen LogP contribution is -2.46. The standard InChI is InChI=1S/C12H18N2S/c1-4-12(2,3)14-8-9-15-11-10(14)6-5-7-13-11/h5-7H,4,8-9H2,1-3H3. The third kappa shape index (κ3) is 1.98. The smallest absolute Gasteiger partial charge is 0.119 e. The Morgan fingerprint density at radius 3 is 3.07 bits per heavy atom. The summed E-state index contributed by atoms with van der Waals surface area (Å²) in [5.41, 5.74) is 1.54. The van der Waals surface area contributed by atoms with Gasteiger partial charge in [0.05, 0.1) is 5.69 Å². The molecule has 1 aliphatic rings. The van der Waals surface area contributed by atoms with Gasteiger partial charge in [0, 0.05) is 24.0 Å². The summed E-state index contributed by atoms with van der Waals surface area (Å²) >= 11 is 1.87. The van der Waals surface area contributed by atoms with Crippen LogP contribution in [0.25, 0.3) is 0 Å². The van der Waals surface area contributed by atoms with Gasteiger partial charge in [-0.05, 0) is 32.4 Å². The molecular formula is C12H18N2S. The van der Waals surface area contributed by atoms with Crippen LogP contribution in [0.5, 0.6) is 0 Å². The number of anilines is 1. The highest BCUT2D eigenvalue weighted by molar-refractivity contribution is 7.99. The van der Waals surface area contributed by atoms with Crippen LogP contribution in [0.15, 0.2) is 23.4 Å². The van der Waals surface area contributed by atoms with Gasteiger partial charge in [-0.15, -0.1) is 11.8 Å². The van der Waals surface area contributed by atoms with Crippen molar-refractivity contribution >= 4 is 17.4 Å². The molecule has 0 bridgehead atoms. The molecule has 1 aromatic rings. The van der Waals surface area contributed by atoms with Crippen molar-refractivity contribution in [3.63, 3.8) is 0 Å². The van der Waals surface area contributed by atoms with Gasteiger partial charge in [-0.2, -0.15) is 0 Å². The lowest BCUT2D eigenvalue weighted by molar-refractivity contribution is 0.447. The highest BCUT2D eigenvalue weighted by Gasteiger charge is 2.29. The van der Waals surface area contributed by atoms with Crippen LogP contribution < -0.4 is 4.90 Å². The maximum absolute atomic E-state index is 4.44. The lowest BCUT2D eigenvalue weighted by Gasteiger charge is -2.42. The van der Waals surface area contributed by atoms with Gasteiger partial charge in [0.1, 0.15) is 5.03 Å². The van der Waals surface area contributed by atoms with Crippen LogP contribution in [0.3, 0.4) is 0 Å². The summed E-state index contributed by atoms with van der Waals surface area (Å²) in [7, 11) is 0. The molecule has 0 N–H and O–H groups in total. The fourth-order valence-electron chi connectivity index (χ4n) is 1.87. The van der Waals surface area contributed by atoms with Crippen molar-refractivity contribution in [2.75, 3.05) is 17.2 Å². The molecule has 2 rings (SSSR count). The molecule has 0 spiro atoms. The van der Waals surface area contributed by atoms with Gasteiger partial charge in [0.25, 0.3) is 0 Å². The van der Waals surface area contributed by atoms with E-state index in [1.54, 1.807) is 0 Å². The zero-order valence-electron chi connectivity index (χ0n) is 9.66. The van der Waals surface area contributed by atoms with Crippen LogP contribution in [-0.4, -0.2) is 22.8 Å². The van der Waals surface area contributed by atoms with Crippen LogP contribution in [0.2, 0.25) is 0 Å². The van der Waals surface area contributed by atoms with Gasteiger partial charge in [-0.1, -0.05) is 6.92 Å². The van der Waals surface area contributed by atoms with Crippen molar-refractivity contribution in [1.29, 1.82) is 0 Å². The molecule has 0 aromatic carbocycles. The van der Waals surface area contributed by atoms with E-state index in [2.05, 4.69) is 36.7 Å². The summed E-state index contributed by atoms with van der Waals surface area (Å²) in [6.07, 6.45) is 3.04. The summed E-state index contributed by atoms with van der Waals surface area (Å²) in [6, 6.07) is 4.22. The molecule has 1 aliphatic heterocycles. The van der Waals surface area contributed by atoms with Crippen molar-refractivity contribution < 1.29 is 0 Å². The van der Waals surface area contributed by atoms with Gasteiger partial charge < -0.3 is 4.90 Å². The number of hydrogen-bond donors (Lipinski definition) is 0. The van der Waals surface area contributed by atoms with Crippen molar-refractivity contribution in [3.8, 4) is 0 Å². The average Bonchev–Trinajstić information content (AvgIpc) is 2.28. The van der Waals surface area contributed by atoms with E-state index in [0.29, 0.717) is 0 Å². The Balaban J connectivity index is 2.38. The van der Waals surface area contributed by atoms with Gasteiger partial charge >= 0.3 is 0 Å². The first-order valence-corrected chi connectivity index (χ1v) is 6.49. The van der Waals surface area contributed by atoms with Gasteiger partial charge in [0.15, 0.2) is 0 Å². The predicted octanol–water partition coefficient (Wildman–Crippen LogP) is 3.18. The number of nitrogens with zero attached hydrogens (tertiary/aromatic N) is 2. The first-order chi connectivity index (χ1) is 7.15. The van der Waals surface area contributed by atoms with Gasteiger partial charge in [-0.25, -0.2) is 4.98 Å². The molecule has 0 saturated heterocycles. The van der Waals surface area contributed by atoms with E-state index in [0.717, 1.165) is 18.7 Å². The Morgan fingerprint density at radius 1 is 1.53 bits per heavy atom. The third-order valence-electron chi connectivity index (χ3n) is 3.19. The molecular weight excluding hydrogens is 204 g/mol. The zero-order chi connectivity index (χ0) is 10.9. The zero-order valence-corrected chi connectivity index (χ0v) is 10.5. The van der Waals surface area contributed by atoms with E-state index in [4.69, 9.17) is 0 Å². The van der Waals surface area contributed by atoms with Crippen molar-refractivity contribution in [2.24, 2.45) is 0 Å². The number of fused-ring (bicyclic) bond motifs is 1. The topological polar surface area (TPSA) is 16.1 Å². The fraction of sp³-hybridized carbons (Fsp3) is 0.583. The molecule has 2 nitrogen and oxygen atoms in total. The normalized spacial score (nSPS) is 16.3. The van der Waals surface area contributed by atoms with E-state index in [1.807, 2.05) is 24.0 Å². The number of aromatic nitrogens is 1. The molecule has 1 aromatic heterocycles. The SMILES string of the molecule is CCC(C)(C)N1CCSc2ncccc21. The molecule has 0 aliphatic carbocycles. The van der Waals surface area contributed by atoms with Gasteiger partial charge in [0.2, 0.25) is 0 Å². The monoisotopic (exact) mass is 222 g/mol. The Morgan fingerprint density at radius 2 is 2.33 bits per heavy atom. The molecule has 3 heteroatoms. The van der Waals surface area contributed by atoms with Crippen molar-refractivity contribution in [2.45, 2.75) is 37.8 Å². The summed E-state index contributed by atoms with van der Waals surface area (Å²) in [6.45, 7) is 7.99. The molecule has 0 fully saturated rings. The van der Waals surface area contributed by atoms with E-state index in [-0.39, 0.29) is 5.54 Å². The van der Waals surface area contributed by atoms with Crippen molar-refractivity contribution in [1.82, 2.24) is 4.98 Å². The minimum atomic E-state index is 0.235. The summed E-state index contributed by atoms with van der Waals surface area (Å²) < 4.78 is 0. The van der Waals surface area contributed by atoms with E-state index in [1.165, 1.54) is 10.7 Å². The quantitative estimate of drug-likeness (QED) is 0.764. The van der Waals surface area contributed by atoms with Crippen LogP contribution in [0.1, 0.15) is 27.2 Å². The second-order valence-electron chi connectivity index (χ2n) is 4.49. The number of hydrogen-bond acceptors (Lipinski definition) is 3. The Kier molecular flexibility index (Phi) is 2.91. The van der Waals surface area contributed by atoms with Crippen LogP contribution >= 0.6 is 11.8 Å². The molecule has 0 unspecified atom stereocenters. The number of pyridine rings is 1. The fourth-order valence-corrected chi connectivity index (χ4v) is 2.80. The van der Waals surface area contributed by atoms with Crippen LogP contribution in [0.4, 0.5) is 5.69 Å². The number of rotatable bonds is 2. The molecule has 0 amide bonds. The summed E-state index contributed by atoms with van der Waals surface area (Å²) in [5.74, 6) is 1.15. The summed E-state index contributed by atoms with van der Waals surface area (Å²) in [5, 5.41) is 1.19. The Bertz CT molecular complexity index is 349. The van der Waals surface area contributed by atoms with E-state index < -0.39 is 0 Å². The molecule has 0 atom stereocenters. The maximum Gasteiger partial charge on any atom is 0.119 e. The summed E-state index contributed by atoms with van der Waals surface area (Å²) in [4.78, 5) is 6.93. The Hall–Kier alpha value is -0.700. The second-order valence-corrected chi connectivity index (χ2v) is 5.58. The molecule has 15 heavy (non-hydrogen) atoms. The first-order valence-electron chi connectivity index (χ1n) is 5.50. The molecule has 0 radical (unpaired) electrons. The first kappa shape index (κ1) is 10.8. The molecule has 0 saturated carbocycles. The third-order valence-corrected chi connectivity index (χ3v) is 4.17. The molecule has 82 valence electrons. The van der Waals surface area contributed by atoms with Crippen LogP contribution in [0, 0.1) is 0 Å². The second kappa shape index (κ2) is 4.05. The van der Waals surface area contributed by atoms with Crippen molar-refractivity contribution in [3.05, 3.63) is 18.3 Å². The minimum absolute atomic E-state index is 0.235. The highest BCUT2D eigenvalue weighted by atomic mass is 32.2. The minimum Gasteiger partial charge on any atom is -0.363 e. The van der Waals surface area contributed by atoms with E-state index in [9.17, 15) is 0 Å². The van der Waals surface area contributed by atoms with Gasteiger partial charge in [-0.3, -0.25) is 0 Å². The van der Waals surface area contributed by atoms with E-state index >= 15 is 0 Å². The maximum atomic E-state index is 4.44. The number of thioether (sulfide) groups is 1. The molecule has 2 heterocycles.